The Labute approximate surface area is 130 Å². The van der Waals surface area contributed by atoms with Crippen molar-refractivity contribution in [3.05, 3.63) is 23.8 Å². The van der Waals surface area contributed by atoms with E-state index in [0.717, 1.165) is 19.4 Å². The van der Waals surface area contributed by atoms with Gasteiger partial charge in [0.15, 0.2) is 0 Å². The molecule has 1 aliphatic rings. The lowest BCUT2D eigenvalue weighted by Crippen LogP contribution is -2.40. The third-order valence-electron chi connectivity index (χ3n) is 3.69. The quantitative estimate of drug-likeness (QED) is 0.907. The number of ether oxygens (including phenoxy) is 2. The maximum atomic E-state index is 12.4. The Balaban J connectivity index is 2.07. The minimum Gasteiger partial charge on any atom is -0.495 e. The summed E-state index contributed by atoms with van der Waals surface area (Å²) in [7, 11) is 1.53. The van der Waals surface area contributed by atoms with Crippen LogP contribution in [0.4, 0.5) is 10.5 Å². The van der Waals surface area contributed by atoms with Crippen molar-refractivity contribution in [3.8, 4) is 11.8 Å². The fraction of sp³-hybridized carbons (Fsp3) is 0.500. The summed E-state index contributed by atoms with van der Waals surface area (Å²) in [5.74, 6) is 0.528. The van der Waals surface area contributed by atoms with Crippen LogP contribution in [0.2, 0.25) is 0 Å². The van der Waals surface area contributed by atoms with Gasteiger partial charge in [0.2, 0.25) is 0 Å². The summed E-state index contributed by atoms with van der Waals surface area (Å²) in [6.07, 6.45) is 2.14. The molecule has 0 bridgehead atoms. The van der Waals surface area contributed by atoms with Crippen molar-refractivity contribution >= 4 is 11.7 Å². The molecular weight excluding hydrogens is 282 g/mol. The standard InChI is InChI=1S/C16H21N3O3/c1-3-19(11-13-5-4-8-22-13)16(20)18-14-9-12(10-17)6-7-15(14)21-2/h6-7,9,13H,3-5,8,11H2,1-2H3,(H,18,20)/t13-/m0/s1. The molecule has 0 radical (unpaired) electrons. The number of rotatable bonds is 5. The second kappa shape index (κ2) is 7.66. The van der Waals surface area contributed by atoms with Crippen molar-refractivity contribution in [1.82, 2.24) is 4.90 Å². The third kappa shape index (κ3) is 3.89. The van der Waals surface area contributed by atoms with E-state index in [0.29, 0.717) is 30.1 Å². The molecule has 1 fully saturated rings. The molecule has 118 valence electrons. The summed E-state index contributed by atoms with van der Waals surface area (Å²) < 4.78 is 10.8. The molecule has 1 heterocycles. The number of carbonyl (C=O) groups excluding carboxylic acids is 1. The third-order valence-corrected chi connectivity index (χ3v) is 3.69. The van der Waals surface area contributed by atoms with Gasteiger partial charge in [-0.15, -0.1) is 0 Å². The van der Waals surface area contributed by atoms with E-state index in [1.807, 2.05) is 6.92 Å². The zero-order chi connectivity index (χ0) is 15.9. The minimum atomic E-state index is -0.216. The van der Waals surface area contributed by atoms with E-state index in [2.05, 4.69) is 11.4 Å². The normalized spacial score (nSPS) is 16.9. The van der Waals surface area contributed by atoms with Crippen LogP contribution in [-0.2, 0) is 4.74 Å². The molecular formula is C16H21N3O3. The van der Waals surface area contributed by atoms with Gasteiger partial charge in [-0.1, -0.05) is 0 Å². The van der Waals surface area contributed by atoms with Crippen molar-refractivity contribution in [2.75, 3.05) is 32.1 Å². The smallest absolute Gasteiger partial charge is 0.322 e. The second-order valence-corrected chi connectivity index (χ2v) is 5.13. The van der Waals surface area contributed by atoms with Gasteiger partial charge in [0.25, 0.3) is 0 Å². The lowest BCUT2D eigenvalue weighted by Gasteiger charge is -2.24. The fourth-order valence-electron chi connectivity index (χ4n) is 2.46. The van der Waals surface area contributed by atoms with Crippen molar-refractivity contribution in [3.63, 3.8) is 0 Å². The molecule has 6 heteroatoms. The predicted molar refractivity (Wildman–Crippen MR) is 82.9 cm³/mol. The number of methoxy groups -OCH3 is 1. The lowest BCUT2D eigenvalue weighted by molar-refractivity contribution is 0.0849. The number of nitriles is 1. The highest BCUT2D eigenvalue weighted by atomic mass is 16.5. The Hall–Kier alpha value is -2.26. The Morgan fingerprint density at radius 3 is 3.00 bits per heavy atom. The summed E-state index contributed by atoms with van der Waals surface area (Å²) in [4.78, 5) is 14.1. The van der Waals surface area contributed by atoms with Crippen molar-refractivity contribution in [1.29, 1.82) is 5.26 Å². The Kier molecular flexibility index (Phi) is 5.61. The first-order valence-electron chi connectivity index (χ1n) is 7.43. The molecule has 0 aliphatic carbocycles. The number of hydrogen-bond donors (Lipinski definition) is 1. The van der Waals surface area contributed by atoms with Gasteiger partial charge in [0, 0.05) is 19.7 Å². The molecule has 0 aromatic heterocycles. The first-order valence-corrected chi connectivity index (χ1v) is 7.43. The maximum Gasteiger partial charge on any atom is 0.322 e. The first kappa shape index (κ1) is 16.1. The largest absolute Gasteiger partial charge is 0.495 e. The molecule has 0 saturated carbocycles. The fourth-order valence-corrected chi connectivity index (χ4v) is 2.46. The average molecular weight is 303 g/mol. The van der Waals surface area contributed by atoms with Crippen LogP contribution in [-0.4, -0.2) is 43.8 Å². The number of hydrogen-bond acceptors (Lipinski definition) is 4. The topological polar surface area (TPSA) is 74.6 Å². The molecule has 1 saturated heterocycles. The van der Waals surface area contributed by atoms with Gasteiger partial charge in [0.05, 0.1) is 30.5 Å². The van der Waals surface area contributed by atoms with E-state index < -0.39 is 0 Å². The van der Waals surface area contributed by atoms with Crippen LogP contribution in [0.1, 0.15) is 25.3 Å². The van der Waals surface area contributed by atoms with Gasteiger partial charge < -0.3 is 19.7 Å². The number of benzene rings is 1. The number of urea groups is 1. The lowest BCUT2D eigenvalue weighted by atomic mass is 10.2. The van der Waals surface area contributed by atoms with Gasteiger partial charge in [-0.2, -0.15) is 5.26 Å². The van der Waals surface area contributed by atoms with E-state index in [9.17, 15) is 4.79 Å². The molecule has 2 amide bonds. The highest BCUT2D eigenvalue weighted by Gasteiger charge is 2.22. The number of carbonyl (C=O) groups is 1. The van der Waals surface area contributed by atoms with E-state index in [1.54, 1.807) is 23.1 Å². The highest BCUT2D eigenvalue weighted by Crippen LogP contribution is 2.25. The molecule has 2 rings (SSSR count). The molecule has 1 atom stereocenters. The van der Waals surface area contributed by atoms with Gasteiger partial charge in [-0.25, -0.2) is 4.79 Å². The number of nitrogens with one attached hydrogen (secondary N) is 1. The SMILES string of the molecule is CCN(C[C@@H]1CCCO1)C(=O)Nc1cc(C#N)ccc1OC. The first-order chi connectivity index (χ1) is 10.7. The zero-order valence-corrected chi connectivity index (χ0v) is 13.0. The van der Waals surface area contributed by atoms with Crippen LogP contribution in [0, 0.1) is 11.3 Å². The van der Waals surface area contributed by atoms with Crippen LogP contribution in [0.3, 0.4) is 0 Å². The van der Waals surface area contributed by atoms with Crippen LogP contribution >= 0.6 is 0 Å². The number of anilines is 1. The summed E-state index contributed by atoms with van der Waals surface area (Å²) in [5.41, 5.74) is 0.968. The molecule has 0 unspecified atom stereocenters. The number of nitrogens with zero attached hydrogens (tertiary/aromatic N) is 2. The Bertz CT molecular complexity index is 562. The minimum absolute atomic E-state index is 0.109. The van der Waals surface area contributed by atoms with Crippen molar-refractivity contribution < 1.29 is 14.3 Å². The van der Waals surface area contributed by atoms with E-state index >= 15 is 0 Å². The van der Waals surface area contributed by atoms with Gasteiger partial charge >= 0.3 is 6.03 Å². The van der Waals surface area contributed by atoms with Crippen LogP contribution < -0.4 is 10.1 Å². The van der Waals surface area contributed by atoms with Crippen LogP contribution in [0.25, 0.3) is 0 Å². The van der Waals surface area contributed by atoms with Crippen LogP contribution in [0.15, 0.2) is 18.2 Å². The second-order valence-electron chi connectivity index (χ2n) is 5.13. The predicted octanol–water partition coefficient (Wildman–Crippen LogP) is 2.60. The van der Waals surface area contributed by atoms with Crippen molar-refractivity contribution in [2.45, 2.75) is 25.9 Å². The summed E-state index contributed by atoms with van der Waals surface area (Å²) in [6.45, 7) is 3.86. The Morgan fingerprint density at radius 1 is 1.59 bits per heavy atom. The van der Waals surface area contributed by atoms with Crippen molar-refractivity contribution in [2.24, 2.45) is 0 Å². The van der Waals surface area contributed by atoms with E-state index in [4.69, 9.17) is 14.7 Å². The van der Waals surface area contributed by atoms with Gasteiger partial charge in [-0.3, -0.25) is 0 Å². The van der Waals surface area contributed by atoms with Gasteiger partial charge in [-0.05, 0) is 38.0 Å². The molecule has 1 N–H and O–H groups in total. The molecule has 0 spiro atoms. The Morgan fingerprint density at radius 2 is 2.41 bits per heavy atom. The molecule has 1 aromatic carbocycles. The van der Waals surface area contributed by atoms with Crippen LogP contribution in [0.5, 0.6) is 5.75 Å². The molecule has 1 aliphatic heterocycles. The zero-order valence-electron chi connectivity index (χ0n) is 13.0. The summed E-state index contributed by atoms with van der Waals surface area (Å²) in [6, 6.07) is 6.77. The van der Waals surface area contributed by atoms with E-state index in [1.165, 1.54) is 7.11 Å². The average Bonchev–Trinajstić information content (AvgIpc) is 3.05. The maximum absolute atomic E-state index is 12.4. The molecule has 1 aromatic rings. The monoisotopic (exact) mass is 303 g/mol. The summed E-state index contributed by atoms with van der Waals surface area (Å²) >= 11 is 0. The molecule has 6 nitrogen and oxygen atoms in total. The van der Waals surface area contributed by atoms with E-state index in [-0.39, 0.29) is 12.1 Å². The van der Waals surface area contributed by atoms with Gasteiger partial charge in [0.1, 0.15) is 5.75 Å². The number of amides is 2. The highest BCUT2D eigenvalue weighted by molar-refractivity contribution is 5.91. The molecule has 22 heavy (non-hydrogen) atoms. The summed E-state index contributed by atoms with van der Waals surface area (Å²) in [5, 5.41) is 11.8. The number of likely N-dealkylation sites (N-methyl/N-ethyl adjacent to an activating group) is 1.